The summed E-state index contributed by atoms with van der Waals surface area (Å²) in [6.45, 7) is 6.51. The molecule has 0 spiro atoms. The molecule has 6 nitrogen and oxygen atoms in total. The smallest absolute Gasteiger partial charge is 0.306 e. The lowest BCUT2D eigenvalue weighted by molar-refractivity contribution is -0.167. The van der Waals surface area contributed by atoms with Crippen molar-refractivity contribution >= 4 is 17.9 Å². The van der Waals surface area contributed by atoms with Crippen LogP contribution >= 0.6 is 0 Å². The zero-order chi connectivity index (χ0) is 51.4. The van der Waals surface area contributed by atoms with Crippen LogP contribution in [0.1, 0.15) is 265 Å². The average molecular weight is 986 g/mol. The fourth-order valence-corrected chi connectivity index (χ4v) is 7.76. The van der Waals surface area contributed by atoms with Crippen LogP contribution in [0.15, 0.2) is 109 Å². The van der Waals surface area contributed by atoms with Crippen molar-refractivity contribution in [3.63, 3.8) is 0 Å². The topological polar surface area (TPSA) is 78.9 Å². The van der Waals surface area contributed by atoms with Crippen molar-refractivity contribution in [1.82, 2.24) is 0 Å². The maximum Gasteiger partial charge on any atom is 0.306 e. The maximum absolute atomic E-state index is 12.9. The lowest BCUT2D eigenvalue weighted by Gasteiger charge is -2.18. The summed E-state index contributed by atoms with van der Waals surface area (Å²) in [5.74, 6) is -0.963. The Morgan fingerprint density at radius 2 is 0.507 bits per heavy atom. The molecule has 0 bridgehead atoms. The highest BCUT2D eigenvalue weighted by atomic mass is 16.6. The molecule has 0 aromatic heterocycles. The van der Waals surface area contributed by atoms with Crippen LogP contribution in [0, 0.1) is 0 Å². The van der Waals surface area contributed by atoms with Crippen LogP contribution in [0.2, 0.25) is 0 Å². The van der Waals surface area contributed by atoms with Gasteiger partial charge in [-0.25, -0.2) is 0 Å². The summed E-state index contributed by atoms with van der Waals surface area (Å²) in [5, 5.41) is 0. The second-order valence-corrected chi connectivity index (χ2v) is 19.2. The third kappa shape index (κ3) is 56.9. The predicted octanol–water partition coefficient (Wildman–Crippen LogP) is 19.9. The van der Waals surface area contributed by atoms with Gasteiger partial charge in [0.2, 0.25) is 0 Å². The summed E-state index contributed by atoms with van der Waals surface area (Å²) in [7, 11) is 0. The van der Waals surface area contributed by atoms with E-state index in [0.29, 0.717) is 12.8 Å². The van der Waals surface area contributed by atoms with E-state index in [9.17, 15) is 14.4 Å². The number of hydrogen-bond acceptors (Lipinski definition) is 6. The highest BCUT2D eigenvalue weighted by molar-refractivity contribution is 5.71. The second kappa shape index (κ2) is 58.6. The molecule has 0 heterocycles. The first kappa shape index (κ1) is 67.1. The monoisotopic (exact) mass is 985 g/mol. The Bertz CT molecular complexity index is 1460. The predicted molar refractivity (Wildman–Crippen MR) is 307 cm³/mol. The largest absolute Gasteiger partial charge is 0.462 e. The van der Waals surface area contributed by atoms with Crippen LogP contribution < -0.4 is 0 Å². The number of esters is 3. The molecule has 1 atom stereocenters. The fourth-order valence-electron chi connectivity index (χ4n) is 7.76. The van der Waals surface area contributed by atoms with E-state index in [2.05, 4.69) is 130 Å². The van der Waals surface area contributed by atoms with E-state index in [1.807, 2.05) is 0 Å². The van der Waals surface area contributed by atoms with Gasteiger partial charge >= 0.3 is 17.9 Å². The van der Waals surface area contributed by atoms with Crippen molar-refractivity contribution in [2.45, 2.75) is 271 Å². The lowest BCUT2D eigenvalue weighted by Crippen LogP contribution is -2.30. The summed E-state index contributed by atoms with van der Waals surface area (Å²) in [6, 6.07) is 0. The van der Waals surface area contributed by atoms with Gasteiger partial charge in [-0.15, -0.1) is 0 Å². The van der Waals surface area contributed by atoms with E-state index in [4.69, 9.17) is 14.2 Å². The number of allylic oxidation sites excluding steroid dienone is 18. The van der Waals surface area contributed by atoms with Crippen LogP contribution in [-0.4, -0.2) is 37.2 Å². The fraction of sp³-hybridized carbons (Fsp3) is 0.677. The van der Waals surface area contributed by atoms with Gasteiger partial charge in [0.05, 0.1) is 0 Å². The highest BCUT2D eigenvalue weighted by Gasteiger charge is 2.19. The molecule has 0 saturated heterocycles. The standard InChI is InChI=1S/C65H108O6/c1-4-7-10-13-16-19-22-25-28-31-32-35-38-41-44-47-50-53-56-59-65(68)71-62(60-69-63(66)57-54-51-48-45-42-39-36-33-29-26-23-20-17-14-11-8-5-2)61-70-64(67)58-55-52-49-46-43-40-37-34-30-27-24-21-18-15-12-9-6-3/h16-21,25-30,32,35-36,39,41,44,62H,4-15,22-24,31,33-34,37-38,40,42-43,45-61H2,1-3H3/b19-16-,20-17-,21-18-,28-25-,29-26-,30-27-,35-32-,39-36-,44-41-/t62-/m1/s1. The molecule has 0 unspecified atom stereocenters. The first-order valence-corrected chi connectivity index (χ1v) is 29.4. The van der Waals surface area contributed by atoms with Crippen LogP contribution in [0.3, 0.4) is 0 Å². The Kier molecular flexibility index (Phi) is 55.4. The maximum atomic E-state index is 12.9. The molecule has 0 aromatic carbocycles. The van der Waals surface area contributed by atoms with E-state index >= 15 is 0 Å². The Hall–Kier alpha value is -3.93. The lowest BCUT2D eigenvalue weighted by atomic mass is 10.1. The molecule has 6 heteroatoms. The summed E-state index contributed by atoms with van der Waals surface area (Å²) in [4.78, 5) is 38.2. The van der Waals surface area contributed by atoms with E-state index in [0.717, 1.165) is 122 Å². The number of carbonyl (C=O) groups excluding carboxylic acids is 3. The van der Waals surface area contributed by atoms with Crippen molar-refractivity contribution in [1.29, 1.82) is 0 Å². The molecule has 0 aliphatic carbocycles. The Balaban J connectivity index is 4.52. The van der Waals surface area contributed by atoms with Gasteiger partial charge in [0.1, 0.15) is 13.2 Å². The van der Waals surface area contributed by atoms with Crippen LogP contribution in [0.4, 0.5) is 0 Å². The highest BCUT2D eigenvalue weighted by Crippen LogP contribution is 2.13. The Morgan fingerprint density at radius 1 is 0.282 bits per heavy atom. The van der Waals surface area contributed by atoms with Crippen molar-refractivity contribution < 1.29 is 28.6 Å². The number of ether oxygens (including phenoxy) is 3. The molecule has 0 aliphatic rings. The van der Waals surface area contributed by atoms with E-state index in [1.165, 1.54) is 103 Å². The minimum absolute atomic E-state index is 0.104. The summed E-state index contributed by atoms with van der Waals surface area (Å²) >= 11 is 0. The Labute approximate surface area is 438 Å². The van der Waals surface area contributed by atoms with Gasteiger partial charge in [0, 0.05) is 19.3 Å². The molecule has 0 N–H and O–H groups in total. The third-order valence-electron chi connectivity index (χ3n) is 12.2. The first-order chi connectivity index (χ1) is 35.0. The van der Waals surface area contributed by atoms with Gasteiger partial charge in [0.15, 0.2) is 6.10 Å². The van der Waals surface area contributed by atoms with Crippen molar-refractivity contribution in [2.75, 3.05) is 13.2 Å². The molecule has 0 saturated carbocycles. The number of rotatable bonds is 52. The van der Waals surface area contributed by atoms with Gasteiger partial charge in [-0.1, -0.05) is 220 Å². The van der Waals surface area contributed by atoms with Gasteiger partial charge in [-0.05, 0) is 135 Å². The van der Waals surface area contributed by atoms with Gasteiger partial charge in [0.25, 0.3) is 0 Å². The average Bonchev–Trinajstić information content (AvgIpc) is 3.37. The molecular weight excluding hydrogens is 877 g/mol. The first-order valence-electron chi connectivity index (χ1n) is 29.4. The molecule has 0 radical (unpaired) electrons. The number of unbranched alkanes of at least 4 members (excludes halogenated alkanes) is 23. The zero-order valence-corrected chi connectivity index (χ0v) is 46.2. The van der Waals surface area contributed by atoms with E-state index in [-0.39, 0.29) is 37.5 Å². The third-order valence-corrected chi connectivity index (χ3v) is 12.2. The van der Waals surface area contributed by atoms with E-state index in [1.54, 1.807) is 0 Å². The molecule has 0 amide bonds. The van der Waals surface area contributed by atoms with Gasteiger partial charge < -0.3 is 14.2 Å². The number of hydrogen-bond donors (Lipinski definition) is 0. The molecule has 71 heavy (non-hydrogen) atoms. The van der Waals surface area contributed by atoms with Crippen LogP contribution in [-0.2, 0) is 28.6 Å². The molecule has 404 valence electrons. The minimum atomic E-state index is -0.811. The minimum Gasteiger partial charge on any atom is -0.462 e. The molecule has 0 aromatic rings. The summed E-state index contributed by atoms with van der Waals surface area (Å²) in [6.07, 6.45) is 79.2. The number of carbonyl (C=O) groups is 3. The quantitative estimate of drug-likeness (QED) is 0.0261. The zero-order valence-electron chi connectivity index (χ0n) is 46.2. The van der Waals surface area contributed by atoms with Gasteiger partial charge in [-0.2, -0.15) is 0 Å². The van der Waals surface area contributed by atoms with E-state index < -0.39 is 6.10 Å². The Morgan fingerprint density at radius 3 is 0.803 bits per heavy atom. The van der Waals surface area contributed by atoms with Crippen LogP contribution in [0.25, 0.3) is 0 Å². The second-order valence-electron chi connectivity index (χ2n) is 19.2. The molecule has 0 rings (SSSR count). The molecule has 0 fully saturated rings. The SMILES string of the molecule is CCCCC/C=C\C/C=C\C/C=C\C/C=C\CCCCCC(=O)O[C@H](COC(=O)CCCCCC/C=C\C/C=C\C/C=C\CCCCC)COC(=O)CCCCCCCCC/C=C\C/C=C\CCCCC. The molecular formula is C65H108O6. The molecule has 0 aliphatic heterocycles. The normalized spacial score (nSPS) is 12.9. The van der Waals surface area contributed by atoms with Gasteiger partial charge in [-0.3, -0.25) is 14.4 Å². The summed E-state index contributed by atoms with van der Waals surface area (Å²) < 4.78 is 16.8. The van der Waals surface area contributed by atoms with Crippen LogP contribution in [0.5, 0.6) is 0 Å². The van der Waals surface area contributed by atoms with Crippen molar-refractivity contribution in [2.24, 2.45) is 0 Å². The van der Waals surface area contributed by atoms with Crippen molar-refractivity contribution in [3.05, 3.63) is 109 Å². The summed E-state index contributed by atoms with van der Waals surface area (Å²) in [5.41, 5.74) is 0. The van der Waals surface area contributed by atoms with Crippen molar-refractivity contribution in [3.8, 4) is 0 Å².